The zero-order chi connectivity index (χ0) is 11.4. The number of carbonyl (C=O) groups is 2. The van der Waals surface area contributed by atoms with Crippen LogP contribution in [-0.4, -0.2) is 37.2 Å². The Morgan fingerprint density at radius 3 is 1.27 bits per heavy atom. The molecule has 0 N–H and O–H groups in total. The Balaban J connectivity index is -0.000000180. The molecule has 0 aliphatic heterocycles. The van der Waals surface area contributed by atoms with E-state index < -0.39 is 11.4 Å². The molecule has 0 aromatic rings. The van der Waals surface area contributed by atoms with Crippen molar-refractivity contribution >= 4 is 42.5 Å². The molecule has 84 valence electrons. The van der Waals surface area contributed by atoms with Gasteiger partial charge in [-0.05, 0) is 31.7 Å². The molecule has 9 heteroatoms. The minimum absolute atomic E-state index is 0. The van der Waals surface area contributed by atoms with Gasteiger partial charge in [0.25, 0.3) is 0 Å². The van der Waals surface area contributed by atoms with E-state index >= 15 is 0 Å². The number of carbonyl (C=O) groups excluding carboxylic acids is 4. The molecule has 0 saturated heterocycles. The van der Waals surface area contributed by atoms with Crippen LogP contribution in [0.5, 0.6) is 0 Å². The molecule has 15 heavy (non-hydrogen) atoms. The van der Waals surface area contributed by atoms with Crippen molar-refractivity contribution in [1.82, 2.24) is 0 Å². The van der Waals surface area contributed by atoms with Gasteiger partial charge in [-0.25, -0.2) is 22.2 Å². The first kappa shape index (κ1) is 20.3. The molecule has 0 aliphatic carbocycles. The smallest absolute Gasteiger partial charge is 0.539 e. The standard InChI is InChI=1S/2C3H4O3P.W/c2*4-1-2-6-3(5)7;/h2*2,7H2;/q2*-1;+2. The predicted molar refractivity (Wildman–Crippen MR) is 53.5 cm³/mol. The van der Waals surface area contributed by atoms with Crippen LogP contribution in [0.3, 0.4) is 0 Å². The molecule has 0 aromatic carbocycles. The number of ether oxygens (including phenoxy) is 2. The topological polar surface area (TPSA) is 86.7 Å². The van der Waals surface area contributed by atoms with Crippen LogP contribution < -0.4 is 0 Å². The van der Waals surface area contributed by atoms with E-state index in [1.165, 1.54) is 12.6 Å². The Morgan fingerprint density at radius 2 is 1.20 bits per heavy atom. The fraction of sp³-hybridized carbons (Fsp3) is 0.333. The summed E-state index contributed by atoms with van der Waals surface area (Å²) < 4.78 is 8.18. The molecule has 0 fully saturated rings. The molecule has 2 unspecified atom stereocenters. The van der Waals surface area contributed by atoms with Gasteiger partial charge in [0.05, 0.1) is 0 Å². The van der Waals surface area contributed by atoms with E-state index in [1.54, 1.807) is 18.5 Å². The molecule has 6 nitrogen and oxygen atoms in total. The summed E-state index contributed by atoms with van der Waals surface area (Å²) >= 11 is 0. The molecule has 0 heterocycles. The molecular weight excluding hydrogens is 414 g/mol. The number of hydrogen-bond acceptors (Lipinski definition) is 6. The maximum Gasteiger partial charge on any atom is 2.00 e. The van der Waals surface area contributed by atoms with Gasteiger partial charge in [-0.15, -0.1) is 0 Å². The van der Waals surface area contributed by atoms with Crippen LogP contribution in [0.25, 0.3) is 0 Å². The first-order valence-corrected chi connectivity index (χ1v) is 4.24. The Labute approximate surface area is 105 Å². The van der Waals surface area contributed by atoms with Crippen molar-refractivity contribution < 1.29 is 49.7 Å². The first-order chi connectivity index (χ1) is 6.54. The minimum atomic E-state index is -0.539. The maximum absolute atomic E-state index is 9.76. The minimum Gasteiger partial charge on any atom is -0.539 e. The van der Waals surface area contributed by atoms with Crippen molar-refractivity contribution in [2.75, 3.05) is 13.2 Å². The summed E-state index contributed by atoms with van der Waals surface area (Å²) in [6.07, 6.45) is 2.79. The van der Waals surface area contributed by atoms with Crippen LogP contribution in [-0.2, 0) is 40.1 Å². The van der Waals surface area contributed by atoms with Crippen molar-refractivity contribution in [2.45, 2.75) is 0 Å². The van der Waals surface area contributed by atoms with Crippen LogP contribution in [0.2, 0.25) is 0 Å². The SMILES string of the molecule is O=[C-]COC(=O)P.O=[C-]COC(=O)P.[W+2]. The molecule has 2 atom stereocenters. The second kappa shape index (κ2) is 16.3. The van der Waals surface area contributed by atoms with E-state index in [2.05, 4.69) is 9.47 Å². The summed E-state index contributed by atoms with van der Waals surface area (Å²) in [7, 11) is 3.54. The van der Waals surface area contributed by atoms with Crippen molar-refractivity contribution in [2.24, 2.45) is 0 Å². The molecule has 0 radical (unpaired) electrons. The third-order valence-electron chi connectivity index (χ3n) is 0.547. The molecule has 0 spiro atoms. The van der Waals surface area contributed by atoms with Gasteiger partial charge in [-0.3, -0.25) is 0 Å². The van der Waals surface area contributed by atoms with Crippen LogP contribution in [0.1, 0.15) is 0 Å². The second-order valence-electron chi connectivity index (χ2n) is 1.50. The zero-order valence-corrected chi connectivity index (χ0v) is 12.7. The largest absolute Gasteiger partial charge is 2.00 e. The molecule has 0 saturated carbocycles. The van der Waals surface area contributed by atoms with Gasteiger partial charge < -0.3 is 19.1 Å². The van der Waals surface area contributed by atoms with Crippen LogP contribution in [0, 0.1) is 0 Å². The Hall–Kier alpha value is -0.172. The van der Waals surface area contributed by atoms with Crippen LogP contribution in [0.15, 0.2) is 0 Å². The van der Waals surface area contributed by atoms with Gasteiger partial charge in [0.2, 0.25) is 0 Å². The molecule has 0 amide bonds. The summed E-state index contributed by atoms with van der Waals surface area (Å²) in [4.78, 5) is 38.1. The molecule has 0 bridgehead atoms. The average molecular weight is 422 g/mol. The molecule has 0 rings (SSSR count). The normalized spacial score (nSPS) is 7.07. The Morgan fingerprint density at radius 1 is 0.933 bits per heavy atom. The third-order valence-corrected chi connectivity index (χ3v) is 0.880. The van der Waals surface area contributed by atoms with E-state index in [0.717, 1.165) is 0 Å². The molecular formula is C6H8O6P2W. The number of rotatable bonds is 4. The van der Waals surface area contributed by atoms with Gasteiger partial charge in [0.15, 0.2) is 0 Å². The summed E-state index contributed by atoms with van der Waals surface area (Å²) in [6, 6.07) is 0. The van der Waals surface area contributed by atoms with E-state index in [0.29, 0.717) is 0 Å². The Kier molecular flexibility index (Phi) is 22.0. The average Bonchev–Trinajstić information content (AvgIpc) is 2.12. The summed E-state index contributed by atoms with van der Waals surface area (Å²) in [5, 5.41) is 0. The third kappa shape index (κ3) is 31.6. The van der Waals surface area contributed by atoms with E-state index in [4.69, 9.17) is 0 Å². The fourth-order valence-corrected chi connectivity index (χ4v) is 0.368. The quantitative estimate of drug-likeness (QED) is 0.476. The van der Waals surface area contributed by atoms with E-state index in [9.17, 15) is 19.2 Å². The second-order valence-corrected chi connectivity index (χ2v) is 2.45. The van der Waals surface area contributed by atoms with Crippen molar-refractivity contribution in [3.63, 3.8) is 0 Å². The molecule has 0 aromatic heterocycles. The monoisotopic (exact) mass is 422 g/mol. The van der Waals surface area contributed by atoms with Gasteiger partial charge in [-0.2, -0.15) is 0 Å². The summed E-state index contributed by atoms with van der Waals surface area (Å²) in [5.74, 6) is 0. The first-order valence-electron chi connectivity index (χ1n) is 3.09. The summed E-state index contributed by atoms with van der Waals surface area (Å²) in [5.41, 5.74) is -1.08. The van der Waals surface area contributed by atoms with Gasteiger partial charge >= 0.3 is 32.5 Å². The van der Waals surface area contributed by atoms with Crippen molar-refractivity contribution in [1.29, 1.82) is 0 Å². The zero-order valence-electron chi connectivity index (χ0n) is 7.43. The Bertz CT molecular complexity index is 188. The molecule has 0 aliphatic rings. The van der Waals surface area contributed by atoms with E-state index in [1.807, 2.05) is 0 Å². The maximum atomic E-state index is 9.76. The summed E-state index contributed by atoms with van der Waals surface area (Å²) in [6.45, 7) is -0.551. The number of hydrogen-bond donors (Lipinski definition) is 0. The van der Waals surface area contributed by atoms with E-state index in [-0.39, 0.29) is 34.3 Å². The van der Waals surface area contributed by atoms with Crippen LogP contribution in [0.4, 0.5) is 9.59 Å². The van der Waals surface area contributed by atoms with Gasteiger partial charge in [0, 0.05) is 0 Å². The van der Waals surface area contributed by atoms with Crippen molar-refractivity contribution in [3.05, 3.63) is 0 Å². The van der Waals surface area contributed by atoms with Gasteiger partial charge in [-0.1, -0.05) is 0 Å². The fourth-order valence-electron chi connectivity index (χ4n) is 0.201. The van der Waals surface area contributed by atoms with Crippen molar-refractivity contribution in [3.8, 4) is 0 Å². The predicted octanol–water partition coefficient (Wildman–Crippen LogP) is 0.213. The van der Waals surface area contributed by atoms with Gasteiger partial charge in [0.1, 0.15) is 0 Å². The van der Waals surface area contributed by atoms with Crippen LogP contribution >= 0.6 is 18.5 Å².